The zero-order chi connectivity index (χ0) is 11.3. The van der Waals surface area contributed by atoms with Crippen LogP contribution in [0.5, 0.6) is 0 Å². The molecule has 2 N–H and O–H groups in total. The Kier molecular flexibility index (Phi) is 5.09. The highest BCUT2D eigenvalue weighted by atomic mass is 16.2. The molecule has 1 aliphatic rings. The fourth-order valence-corrected chi connectivity index (χ4v) is 2.39. The van der Waals surface area contributed by atoms with E-state index in [-0.39, 0.29) is 6.04 Å². The Balaban J connectivity index is 2.53. The van der Waals surface area contributed by atoms with Gasteiger partial charge < -0.3 is 10.6 Å². The second-order valence-electron chi connectivity index (χ2n) is 4.61. The molecule has 0 aromatic carbocycles. The van der Waals surface area contributed by atoms with Crippen LogP contribution in [0.25, 0.3) is 0 Å². The van der Waals surface area contributed by atoms with Crippen LogP contribution in [0.3, 0.4) is 0 Å². The van der Waals surface area contributed by atoms with Crippen molar-refractivity contribution in [2.45, 2.75) is 52.0 Å². The number of rotatable bonds is 4. The van der Waals surface area contributed by atoms with E-state index >= 15 is 0 Å². The van der Waals surface area contributed by atoms with Gasteiger partial charge in [-0.15, -0.1) is 0 Å². The Bertz CT molecular complexity index is 206. The van der Waals surface area contributed by atoms with Crippen LogP contribution in [-0.2, 0) is 4.79 Å². The summed E-state index contributed by atoms with van der Waals surface area (Å²) >= 11 is 0. The molecule has 2 atom stereocenters. The largest absolute Gasteiger partial charge is 0.338 e. The van der Waals surface area contributed by atoms with Crippen LogP contribution in [0.1, 0.15) is 46.0 Å². The molecule has 1 aliphatic heterocycles. The molecule has 0 aromatic heterocycles. The second kappa shape index (κ2) is 6.11. The van der Waals surface area contributed by atoms with Crippen LogP contribution in [0.4, 0.5) is 0 Å². The average molecular weight is 212 g/mol. The smallest absolute Gasteiger partial charge is 0.222 e. The summed E-state index contributed by atoms with van der Waals surface area (Å²) in [7, 11) is 0. The monoisotopic (exact) mass is 212 g/mol. The van der Waals surface area contributed by atoms with E-state index in [2.05, 4.69) is 13.8 Å². The fraction of sp³-hybridized carbons (Fsp3) is 0.917. The van der Waals surface area contributed by atoms with E-state index in [1.54, 1.807) is 0 Å². The summed E-state index contributed by atoms with van der Waals surface area (Å²) in [4.78, 5) is 14.0. The number of unbranched alkanes of at least 4 members (excludes halogenated alkanes) is 1. The number of nitrogens with two attached hydrogens (primary N) is 1. The minimum Gasteiger partial charge on any atom is -0.338 e. The number of hydrogen-bond donors (Lipinski definition) is 1. The molecule has 1 saturated heterocycles. The van der Waals surface area contributed by atoms with Gasteiger partial charge in [0.2, 0.25) is 5.91 Å². The second-order valence-corrected chi connectivity index (χ2v) is 4.61. The maximum Gasteiger partial charge on any atom is 0.222 e. The molecule has 15 heavy (non-hydrogen) atoms. The van der Waals surface area contributed by atoms with Gasteiger partial charge in [0.25, 0.3) is 0 Å². The summed E-state index contributed by atoms with van der Waals surface area (Å²) in [6, 6.07) is 0.281. The minimum absolute atomic E-state index is 0.281. The standard InChI is InChI=1S/C12H24N2O/c1-3-4-7-12(15)14-8-5-6-10(2)11(14)9-13/h10-11H,3-9,13H2,1-2H3. The van der Waals surface area contributed by atoms with E-state index in [1.807, 2.05) is 4.90 Å². The fourth-order valence-electron chi connectivity index (χ4n) is 2.39. The third kappa shape index (κ3) is 3.20. The summed E-state index contributed by atoms with van der Waals surface area (Å²) in [5, 5.41) is 0. The van der Waals surface area contributed by atoms with Gasteiger partial charge in [0.05, 0.1) is 0 Å². The average Bonchev–Trinajstić information content (AvgIpc) is 2.25. The molecule has 0 bridgehead atoms. The van der Waals surface area contributed by atoms with Gasteiger partial charge in [-0.2, -0.15) is 0 Å². The van der Waals surface area contributed by atoms with Crippen molar-refractivity contribution in [1.82, 2.24) is 4.90 Å². The lowest BCUT2D eigenvalue weighted by molar-refractivity contribution is -0.136. The first-order valence-corrected chi connectivity index (χ1v) is 6.20. The summed E-state index contributed by atoms with van der Waals surface area (Å²) < 4.78 is 0. The number of likely N-dealkylation sites (tertiary alicyclic amines) is 1. The first kappa shape index (κ1) is 12.5. The van der Waals surface area contributed by atoms with Crippen molar-refractivity contribution in [2.24, 2.45) is 11.7 Å². The van der Waals surface area contributed by atoms with Gasteiger partial charge in [-0.05, 0) is 25.2 Å². The van der Waals surface area contributed by atoms with Crippen molar-refractivity contribution in [1.29, 1.82) is 0 Å². The van der Waals surface area contributed by atoms with Gasteiger partial charge in [0.15, 0.2) is 0 Å². The first-order chi connectivity index (χ1) is 7.20. The molecular weight excluding hydrogens is 188 g/mol. The summed E-state index contributed by atoms with van der Waals surface area (Å²) in [5.41, 5.74) is 5.76. The molecule has 88 valence electrons. The molecule has 0 aliphatic carbocycles. The normalized spacial score (nSPS) is 26.7. The molecule has 0 saturated carbocycles. The number of hydrogen-bond acceptors (Lipinski definition) is 2. The van der Waals surface area contributed by atoms with Gasteiger partial charge in [0, 0.05) is 25.6 Å². The Morgan fingerprint density at radius 3 is 2.87 bits per heavy atom. The lowest BCUT2D eigenvalue weighted by atomic mass is 9.90. The first-order valence-electron chi connectivity index (χ1n) is 6.20. The maximum atomic E-state index is 11.9. The van der Waals surface area contributed by atoms with E-state index in [4.69, 9.17) is 5.73 Å². The van der Waals surface area contributed by atoms with E-state index in [9.17, 15) is 4.79 Å². The van der Waals surface area contributed by atoms with Crippen molar-refractivity contribution in [3.63, 3.8) is 0 Å². The minimum atomic E-state index is 0.281. The highest BCUT2D eigenvalue weighted by Gasteiger charge is 2.29. The van der Waals surface area contributed by atoms with Crippen LogP contribution in [0, 0.1) is 5.92 Å². The number of carbonyl (C=O) groups excluding carboxylic acids is 1. The molecule has 1 heterocycles. The van der Waals surface area contributed by atoms with E-state index in [0.717, 1.165) is 25.8 Å². The van der Waals surface area contributed by atoms with Crippen LogP contribution >= 0.6 is 0 Å². The number of piperidine rings is 1. The zero-order valence-corrected chi connectivity index (χ0v) is 10.0. The molecule has 1 amide bonds. The third-order valence-corrected chi connectivity index (χ3v) is 3.42. The van der Waals surface area contributed by atoms with E-state index in [1.165, 1.54) is 6.42 Å². The molecule has 0 spiro atoms. The quantitative estimate of drug-likeness (QED) is 0.772. The highest BCUT2D eigenvalue weighted by molar-refractivity contribution is 5.76. The SMILES string of the molecule is CCCCC(=O)N1CCCC(C)C1CN. The van der Waals surface area contributed by atoms with E-state index < -0.39 is 0 Å². The third-order valence-electron chi connectivity index (χ3n) is 3.42. The lowest BCUT2D eigenvalue weighted by Gasteiger charge is -2.39. The molecule has 1 rings (SSSR count). The Morgan fingerprint density at radius 2 is 2.27 bits per heavy atom. The summed E-state index contributed by atoms with van der Waals surface area (Å²) in [5.74, 6) is 0.869. The van der Waals surface area contributed by atoms with Gasteiger partial charge in [-0.3, -0.25) is 4.79 Å². The van der Waals surface area contributed by atoms with Crippen LogP contribution < -0.4 is 5.73 Å². The number of carbonyl (C=O) groups is 1. The molecule has 0 radical (unpaired) electrons. The van der Waals surface area contributed by atoms with Gasteiger partial charge in [0.1, 0.15) is 0 Å². The molecular formula is C12H24N2O. The summed E-state index contributed by atoms with van der Waals surface area (Å²) in [6.07, 6.45) is 5.12. The number of nitrogens with zero attached hydrogens (tertiary/aromatic N) is 1. The Labute approximate surface area is 93.0 Å². The molecule has 0 aromatic rings. The Hall–Kier alpha value is -0.570. The van der Waals surface area contributed by atoms with Crippen molar-refractivity contribution < 1.29 is 4.79 Å². The van der Waals surface area contributed by atoms with Crippen LogP contribution in [0.2, 0.25) is 0 Å². The molecule has 3 nitrogen and oxygen atoms in total. The predicted octanol–water partition coefficient (Wildman–Crippen LogP) is 1.76. The summed E-state index contributed by atoms with van der Waals surface area (Å²) in [6.45, 7) is 5.84. The van der Waals surface area contributed by atoms with E-state index in [0.29, 0.717) is 24.8 Å². The van der Waals surface area contributed by atoms with Crippen molar-refractivity contribution in [2.75, 3.05) is 13.1 Å². The van der Waals surface area contributed by atoms with Crippen molar-refractivity contribution >= 4 is 5.91 Å². The Morgan fingerprint density at radius 1 is 1.53 bits per heavy atom. The van der Waals surface area contributed by atoms with Crippen LogP contribution in [0.15, 0.2) is 0 Å². The maximum absolute atomic E-state index is 11.9. The molecule has 2 unspecified atom stereocenters. The van der Waals surface area contributed by atoms with Gasteiger partial charge in [-0.25, -0.2) is 0 Å². The lowest BCUT2D eigenvalue weighted by Crippen LogP contribution is -2.51. The van der Waals surface area contributed by atoms with Gasteiger partial charge in [-0.1, -0.05) is 20.3 Å². The van der Waals surface area contributed by atoms with Crippen LogP contribution in [-0.4, -0.2) is 29.9 Å². The molecule has 3 heteroatoms. The predicted molar refractivity (Wildman–Crippen MR) is 62.5 cm³/mol. The highest BCUT2D eigenvalue weighted by Crippen LogP contribution is 2.23. The zero-order valence-electron chi connectivity index (χ0n) is 10.0. The topological polar surface area (TPSA) is 46.3 Å². The van der Waals surface area contributed by atoms with Gasteiger partial charge >= 0.3 is 0 Å². The number of amides is 1. The van der Waals surface area contributed by atoms with Crippen molar-refractivity contribution in [3.8, 4) is 0 Å². The van der Waals surface area contributed by atoms with Crippen molar-refractivity contribution in [3.05, 3.63) is 0 Å². The molecule has 1 fully saturated rings.